The molecular formula is C15H13B3ClN5O2S2. The molecule has 0 N–H and O–H groups in total. The van der Waals surface area contributed by atoms with Crippen LogP contribution in [0.5, 0.6) is 0 Å². The second kappa shape index (κ2) is 7.16. The van der Waals surface area contributed by atoms with Crippen molar-refractivity contribution in [2.75, 3.05) is 13.1 Å². The number of halogens is 1. The Bertz CT molecular complexity index is 1170. The number of thiazole rings is 1. The van der Waals surface area contributed by atoms with Gasteiger partial charge in [-0.1, -0.05) is 11.6 Å². The van der Waals surface area contributed by atoms with Crippen molar-refractivity contribution in [1.82, 2.24) is 23.9 Å². The van der Waals surface area contributed by atoms with Crippen molar-refractivity contribution in [1.29, 1.82) is 0 Å². The van der Waals surface area contributed by atoms with Crippen LogP contribution in [0.2, 0.25) is 5.02 Å². The first kappa shape index (κ1) is 19.9. The van der Waals surface area contributed by atoms with Gasteiger partial charge in [0.1, 0.15) is 21.3 Å². The van der Waals surface area contributed by atoms with Crippen LogP contribution >= 0.6 is 22.9 Å². The van der Waals surface area contributed by atoms with Crippen LogP contribution in [0.1, 0.15) is 29.3 Å². The van der Waals surface area contributed by atoms with E-state index in [-0.39, 0.29) is 21.3 Å². The van der Waals surface area contributed by atoms with Gasteiger partial charge in [0.25, 0.3) is 10.0 Å². The number of aryl methyl sites for hydroxylation is 1. The Morgan fingerprint density at radius 3 is 2.54 bits per heavy atom. The Morgan fingerprint density at radius 1 is 1.25 bits per heavy atom. The number of pyridine rings is 1. The zero-order valence-electron chi connectivity index (χ0n) is 15.0. The summed E-state index contributed by atoms with van der Waals surface area (Å²) in [5.74, 6) is -0.0562. The summed E-state index contributed by atoms with van der Waals surface area (Å²) in [6, 6.07) is 0. The minimum absolute atomic E-state index is 0.0485. The predicted molar refractivity (Wildman–Crippen MR) is 112 cm³/mol. The SMILES string of the molecule is [B]c1nc2c([B])c(Cl)c(C3CCN(S(=O)(=O)c4cnc(C)s4)CC3)c([B])n2n1. The second-order valence-electron chi connectivity index (χ2n) is 6.61. The quantitative estimate of drug-likeness (QED) is 0.506. The normalized spacial score (nSPS) is 16.8. The number of hydrogen-bond acceptors (Lipinski definition) is 6. The van der Waals surface area contributed by atoms with Crippen LogP contribution in [0.3, 0.4) is 0 Å². The smallest absolute Gasteiger partial charge is 0.249 e. The van der Waals surface area contributed by atoms with E-state index in [0.717, 1.165) is 0 Å². The molecule has 0 atom stereocenters. The molecule has 1 saturated heterocycles. The van der Waals surface area contributed by atoms with Crippen molar-refractivity contribution in [2.45, 2.75) is 29.9 Å². The molecule has 6 radical (unpaired) electrons. The third-order valence-corrected chi connectivity index (χ3v) is 8.55. The molecule has 4 rings (SSSR count). The molecular weight excluding hydrogens is 414 g/mol. The summed E-state index contributed by atoms with van der Waals surface area (Å²) in [5.41, 5.74) is 1.59. The fourth-order valence-electron chi connectivity index (χ4n) is 3.50. The second-order valence-corrected chi connectivity index (χ2v) is 10.4. The monoisotopic (exact) mass is 427 g/mol. The molecule has 0 bridgehead atoms. The molecule has 0 aliphatic carbocycles. The first-order valence-electron chi connectivity index (χ1n) is 8.51. The number of nitrogens with zero attached hydrogens (tertiary/aromatic N) is 5. The summed E-state index contributed by atoms with van der Waals surface area (Å²) >= 11 is 7.65. The van der Waals surface area contributed by atoms with Gasteiger partial charge in [-0.25, -0.2) is 22.9 Å². The van der Waals surface area contributed by atoms with Crippen LogP contribution in [0.15, 0.2) is 10.4 Å². The van der Waals surface area contributed by atoms with Crippen molar-refractivity contribution in [3.05, 3.63) is 21.8 Å². The molecule has 0 saturated carbocycles. The standard InChI is InChI=1S/C15H13B3ClN5O2S2/c1-7-20-6-9(27-7)28(25,26)23-4-2-8(3-5-23)10-12(19)11(16)14-21-15(18)22-24(14)13(10)17/h6,8H,2-5H2,1H3. The first-order chi connectivity index (χ1) is 13.2. The molecule has 3 aromatic heterocycles. The number of sulfonamides is 1. The highest BCUT2D eigenvalue weighted by molar-refractivity contribution is 7.91. The lowest BCUT2D eigenvalue weighted by atomic mass is 9.80. The number of rotatable bonds is 3. The van der Waals surface area contributed by atoms with Gasteiger partial charge in [-0.3, -0.25) is 0 Å². The molecule has 0 amide bonds. The van der Waals surface area contributed by atoms with E-state index in [1.807, 2.05) is 0 Å². The van der Waals surface area contributed by atoms with Gasteiger partial charge in [0.2, 0.25) is 0 Å². The largest absolute Gasteiger partial charge is 0.254 e. The number of hydrogen-bond donors (Lipinski definition) is 0. The van der Waals surface area contributed by atoms with Gasteiger partial charge in [-0.2, -0.15) is 9.40 Å². The van der Waals surface area contributed by atoms with Crippen LogP contribution in [-0.2, 0) is 10.0 Å². The lowest BCUT2D eigenvalue weighted by Gasteiger charge is -2.32. The summed E-state index contributed by atoms with van der Waals surface area (Å²) in [4.78, 5) is 8.09. The van der Waals surface area contributed by atoms with Crippen molar-refractivity contribution in [3.8, 4) is 0 Å². The summed E-state index contributed by atoms with van der Waals surface area (Å²) < 4.78 is 28.7. The lowest BCUT2D eigenvalue weighted by Crippen LogP contribution is -2.39. The first-order valence-corrected chi connectivity index (χ1v) is 11.1. The zero-order valence-corrected chi connectivity index (χ0v) is 17.4. The van der Waals surface area contributed by atoms with E-state index in [1.165, 1.54) is 26.4 Å². The van der Waals surface area contributed by atoms with E-state index >= 15 is 0 Å². The third kappa shape index (κ3) is 3.20. The Balaban J connectivity index is 1.62. The molecule has 3 aromatic rings. The van der Waals surface area contributed by atoms with Gasteiger partial charge >= 0.3 is 0 Å². The molecule has 4 heterocycles. The number of piperidine rings is 1. The molecule has 1 fully saturated rings. The molecule has 1 aliphatic heterocycles. The molecule has 0 unspecified atom stereocenters. The number of aromatic nitrogens is 4. The summed E-state index contributed by atoms with van der Waals surface area (Å²) in [7, 11) is 14.5. The van der Waals surface area contributed by atoms with Gasteiger partial charge in [-0.05, 0) is 42.3 Å². The van der Waals surface area contributed by atoms with E-state index in [2.05, 4.69) is 15.1 Å². The van der Waals surface area contributed by atoms with Crippen LogP contribution in [-0.4, -0.2) is 68.9 Å². The lowest BCUT2D eigenvalue weighted by molar-refractivity contribution is 0.320. The van der Waals surface area contributed by atoms with Crippen molar-refractivity contribution < 1.29 is 8.42 Å². The summed E-state index contributed by atoms with van der Waals surface area (Å²) in [6.45, 7) is 2.46. The maximum Gasteiger partial charge on any atom is 0.254 e. The molecule has 0 aromatic carbocycles. The van der Waals surface area contributed by atoms with Crippen molar-refractivity contribution >= 4 is 78.9 Å². The molecule has 1 aliphatic rings. The van der Waals surface area contributed by atoms with E-state index in [0.29, 0.717) is 52.8 Å². The highest BCUT2D eigenvalue weighted by atomic mass is 35.5. The van der Waals surface area contributed by atoms with E-state index in [9.17, 15) is 8.42 Å². The minimum atomic E-state index is -3.55. The Hall–Kier alpha value is -1.36. The Labute approximate surface area is 175 Å². The van der Waals surface area contributed by atoms with Crippen LogP contribution in [0.4, 0.5) is 0 Å². The predicted octanol–water partition coefficient (Wildman–Crippen LogP) is -0.903. The third-order valence-electron chi connectivity index (χ3n) is 4.90. The highest BCUT2D eigenvalue weighted by Crippen LogP contribution is 2.33. The molecule has 138 valence electrons. The van der Waals surface area contributed by atoms with E-state index in [1.54, 1.807) is 6.92 Å². The fourth-order valence-corrected chi connectivity index (χ4v) is 6.57. The highest BCUT2D eigenvalue weighted by Gasteiger charge is 2.33. The maximum atomic E-state index is 12.8. The zero-order chi connectivity index (χ0) is 20.2. The minimum Gasteiger partial charge on any atom is -0.249 e. The van der Waals surface area contributed by atoms with Crippen LogP contribution in [0, 0.1) is 6.92 Å². The topological polar surface area (TPSA) is 80.5 Å². The van der Waals surface area contributed by atoms with Crippen LogP contribution < -0.4 is 16.8 Å². The fraction of sp³-hybridized carbons (Fsp3) is 0.400. The average Bonchev–Trinajstić information content (AvgIpc) is 3.27. The van der Waals surface area contributed by atoms with Gasteiger partial charge < -0.3 is 0 Å². The van der Waals surface area contributed by atoms with Gasteiger partial charge in [-0.15, -0.1) is 11.3 Å². The molecule has 7 nitrogen and oxygen atoms in total. The Morgan fingerprint density at radius 2 is 1.93 bits per heavy atom. The van der Waals surface area contributed by atoms with Crippen molar-refractivity contribution in [3.63, 3.8) is 0 Å². The molecule has 0 spiro atoms. The molecule has 13 heteroatoms. The molecule has 28 heavy (non-hydrogen) atoms. The van der Waals surface area contributed by atoms with Gasteiger partial charge in [0, 0.05) is 18.1 Å². The van der Waals surface area contributed by atoms with Gasteiger partial charge in [0.15, 0.2) is 12.1 Å². The Kier molecular flexibility index (Phi) is 5.10. The van der Waals surface area contributed by atoms with Gasteiger partial charge in [0.05, 0.1) is 16.9 Å². The maximum absolute atomic E-state index is 12.8. The average molecular weight is 427 g/mol. The van der Waals surface area contributed by atoms with E-state index < -0.39 is 10.0 Å². The van der Waals surface area contributed by atoms with Crippen molar-refractivity contribution in [2.24, 2.45) is 0 Å². The summed E-state index contributed by atoms with van der Waals surface area (Å²) in [5, 5.41) is 5.10. The summed E-state index contributed by atoms with van der Waals surface area (Å²) in [6.07, 6.45) is 2.51. The van der Waals surface area contributed by atoms with E-state index in [4.69, 9.17) is 35.1 Å². The number of fused-ring (bicyclic) bond motifs is 1. The van der Waals surface area contributed by atoms with Crippen LogP contribution in [0.25, 0.3) is 5.65 Å².